The lowest BCUT2D eigenvalue weighted by Gasteiger charge is -2.27. The average Bonchev–Trinajstić information content (AvgIpc) is 3.53. The van der Waals surface area contributed by atoms with Crippen LogP contribution in [0, 0.1) is 23.7 Å². The number of rotatable bonds is 5. The van der Waals surface area contributed by atoms with Crippen molar-refractivity contribution in [2.45, 2.75) is 26.2 Å². The number of furan rings is 1. The number of fused-ring (bicyclic) bond motifs is 5. The number of amides is 4. The molecule has 1 N–H and O–H groups in total. The van der Waals surface area contributed by atoms with E-state index in [-0.39, 0.29) is 53.8 Å². The van der Waals surface area contributed by atoms with Gasteiger partial charge in [0.05, 0.1) is 18.1 Å². The van der Waals surface area contributed by atoms with E-state index in [0.29, 0.717) is 11.4 Å². The molecule has 8 heteroatoms. The van der Waals surface area contributed by atoms with Crippen LogP contribution in [0.3, 0.4) is 0 Å². The van der Waals surface area contributed by atoms with E-state index in [1.54, 1.807) is 36.4 Å². The summed E-state index contributed by atoms with van der Waals surface area (Å²) in [5.74, 6) is -0.800. The van der Waals surface area contributed by atoms with Crippen LogP contribution in [0.2, 0.25) is 0 Å². The molecule has 2 saturated carbocycles. The molecule has 4 amide bonds. The number of likely N-dealkylation sites (tertiary alicyclic amines) is 1. The summed E-state index contributed by atoms with van der Waals surface area (Å²) in [6.07, 6.45) is 4.36. The summed E-state index contributed by atoms with van der Waals surface area (Å²) in [5.41, 5.74) is 1.08. The van der Waals surface area contributed by atoms with Crippen molar-refractivity contribution in [2.24, 2.45) is 23.7 Å². The second-order valence-electron chi connectivity index (χ2n) is 8.57. The lowest BCUT2D eigenvalue weighted by Crippen LogP contribution is -2.45. The highest BCUT2D eigenvalue weighted by Crippen LogP contribution is 2.56. The van der Waals surface area contributed by atoms with Crippen molar-refractivity contribution in [2.75, 3.05) is 16.9 Å². The number of nitrogens with one attached hydrogen (secondary N) is 1. The first-order chi connectivity index (χ1) is 14.9. The highest BCUT2D eigenvalue weighted by molar-refractivity contribution is 6.09. The lowest BCUT2D eigenvalue weighted by atomic mass is 9.81. The fourth-order valence-corrected chi connectivity index (χ4v) is 5.48. The van der Waals surface area contributed by atoms with Gasteiger partial charge in [-0.05, 0) is 67.5 Å². The van der Waals surface area contributed by atoms with Gasteiger partial charge in [0, 0.05) is 18.3 Å². The van der Waals surface area contributed by atoms with E-state index in [1.807, 2.05) is 0 Å². The van der Waals surface area contributed by atoms with Crippen LogP contribution in [0.5, 0.6) is 0 Å². The third kappa shape index (κ3) is 3.22. The van der Waals surface area contributed by atoms with Gasteiger partial charge in [-0.1, -0.05) is 0 Å². The molecule has 5 rings (SSSR count). The van der Waals surface area contributed by atoms with Crippen molar-refractivity contribution in [3.05, 3.63) is 48.4 Å². The summed E-state index contributed by atoms with van der Waals surface area (Å²) in [6, 6.07) is 9.83. The standard InChI is InChI=1S/C23H23N3O5/c1-13(27)24-16-6-8-17(9-7-16)25(21(28)18-3-2-10-31-18)12-26-22(29)19-14-4-5-15(11-14)20(19)23(26)30/h2-3,6-10,14-15,19-20H,4-5,11-12H2,1H3,(H,24,27)/t14-,15+,19-,20-/m0/s1. The maximum absolute atomic E-state index is 13.2. The zero-order chi connectivity index (χ0) is 21.7. The molecule has 1 aromatic carbocycles. The van der Waals surface area contributed by atoms with Gasteiger partial charge in [0.15, 0.2) is 5.76 Å². The fourth-order valence-electron chi connectivity index (χ4n) is 5.48. The Balaban J connectivity index is 1.44. The molecule has 1 saturated heterocycles. The summed E-state index contributed by atoms with van der Waals surface area (Å²) < 4.78 is 5.27. The van der Waals surface area contributed by atoms with E-state index < -0.39 is 5.91 Å². The summed E-state index contributed by atoms with van der Waals surface area (Å²) >= 11 is 0. The third-order valence-electron chi connectivity index (χ3n) is 6.78. The number of carbonyl (C=O) groups is 4. The number of hydrogen-bond acceptors (Lipinski definition) is 5. The van der Waals surface area contributed by atoms with Crippen LogP contribution >= 0.6 is 0 Å². The molecule has 160 valence electrons. The molecule has 3 fully saturated rings. The molecular formula is C23H23N3O5. The Kier molecular flexibility index (Phi) is 4.64. The second-order valence-corrected chi connectivity index (χ2v) is 8.57. The van der Waals surface area contributed by atoms with Gasteiger partial charge in [-0.15, -0.1) is 0 Å². The van der Waals surface area contributed by atoms with Gasteiger partial charge < -0.3 is 9.73 Å². The maximum Gasteiger partial charge on any atom is 0.295 e. The molecule has 3 aliphatic rings. The highest BCUT2D eigenvalue weighted by Gasteiger charge is 2.61. The molecule has 0 radical (unpaired) electrons. The number of hydrogen-bond donors (Lipinski definition) is 1. The molecule has 4 atom stereocenters. The van der Waals surface area contributed by atoms with Gasteiger partial charge >= 0.3 is 0 Å². The van der Waals surface area contributed by atoms with E-state index in [4.69, 9.17) is 4.42 Å². The number of imide groups is 1. The number of carbonyl (C=O) groups excluding carboxylic acids is 4. The number of anilines is 2. The molecule has 1 aromatic heterocycles. The third-order valence-corrected chi connectivity index (χ3v) is 6.78. The molecule has 8 nitrogen and oxygen atoms in total. The second kappa shape index (κ2) is 7.37. The zero-order valence-electron chi connectivity index (χ0n) is 17.1. The minimum absolute atomic E-state index is 0.116. The first kappa shape index (κ1) is 19.5. The lowest BCUT2D eigenvalue weighted by molar-refractivity contribution is -0.140. The Morgan fingerprint density at radius 3 is 2.26 bits per heavy atom. The van der Waals surface area contributed by atoms with E-state index in [1.165, 1.54) is 23.0 Å². The Bertz CT molecular complexity index is 1020. The minimum atomic E-state index is -0.446. The van der Waals surface area contributed by atoms with Crippen molar-refractivity contribution in [3.8, 4) is 0 Å². The number of benzene rings is 1. The molecule has 1 aliphatic heterocycles. The van der Waals surface area contributed by atoms with Crippen molar-refractivity contribution < 1.29 is 23.6 Å². The van der Waals surface area contributed by atoms with Gasteiger partial charge in [0.1, 0.15) is 6.67 Å². The van der Waals surface area contributed by atoms with E-state index in [0.717, 1.165) is 19.3 Å². The number of nitrogens with zero attached hydrogens (tertiary/aromatic N) is 2. The molecule has 2 heterocycles. The molecule has 31 heavy (non-hydrogen) atoms. The quantitative estimate of drug-likeness (QED) is 0.749. The van der Waals surface area contributed by atoms with Crippen molar-refractivity contribution in [3.63, 3.8) is 0 Å². The predicted octanol–water partition coefficient (Wildman–Crippen LogP) is 2.87. The van der Waals surface area contributed by atoms with Crippen LogP contribution < -0.4 is 10.2 Å². The Labute approximate surface area is 179 Å². The van der Waals surface area contributed by atoms with Gasteiger partial charge in [-0.3, -0.25) is 29.0 Å². The van der Waals surface area contributed by atoms with Crippen LogP contribution in [0.4, 0.5) is 11.4 Å². The van der Waals surface area contributed by atoms with Crippen LogP contribution in [-0.2, 0) is 14.4 Å². The Morgan fingerprint density at radius 1 is 1.06 bits per heavy atom. The van der Waals surface area contributed by atoms with Crippen LogP contribution in [-0.4, -0.2) is 35.2 Å². The van der Waals surface area contributed by atoms with Crippen molar-refractivity contribution in [1.82, 2.24) is 4.90 Å². The largest absolute Gasteiger partial charge is 0.459 e. The summed E-state index contributed by atoms with van der Waals surface area (Å²) in [7, 11) is 0. The molecule has 0 spiro atoms. The van der Waals surface area contributed by atoms with Gasteiger partial charge in [-0.25, -0.2) is 0 Å². The summed E-state index contributed by atoms with van der Waals surface area (Å²) in [6.45, 7) is 1.25. The van der Waals surface area contributed by atoms with Gasteiger partial charge in [-0.2, -0.15) is 0 Å². The molecule has 0 unspecified atom stereocenters. The first-order valence-electron chi connectivity index (χ1n) is 10.5. The van der Waals surface area contributed by atoms with Crippen molar-refractivity contribution >= 4 is 35.0 Å². The SMILES string of the molecule is CC(=O)Nc1ccc(N(CN2C(=O)[C@H]3[C@@H]4CC[C@@H](C4)[C@@H]3C2=O)C(=O)c2ccco2)cc1. The molecule has 2 bridgehead atoms. The average molecular weight is 421 g/mol. The van der Waals surface area contributed by atoms with Gasteiger partial charge in [0.25, 0.3) is 5.91 Å². The monoisotopic (exact) mass is 421 g/mol. The Hall–Kier alpha value is -3.42. The first-order valence-corrected chi connectivity index (χ1v) is 10.5. The molecular weight excluding hydrogens is 398 g/mol. The normalized spacial score (nSPS) is 26.3. The van der Waals surface area contributed by atoms with Gasteiger partial charge in [0.2, 0.25) is 17.7 Å². The summed E-state index contributed by atoms with van der Waals surface area (Å²) in [4.78, 5) is 53.3. The zero-order valence-corrected chi connectivity index (χ0v) is 17.1. The minimum Gasteiger partial charge on any atom is -0.459 e. The van der Waals surface area contributed by atoms with Crippen LogP contribution in [0.15, 0.2) is 47.1 Å². The highest BCUT2D eigenvalue weighted by atomic mass is 16.3. The maximum atomic E-state index is 13.2. The predicted molar refractivity (Wildman–Crippen MR) is 111 cm³/mol. The van der Waals surface area contributed by atoms with E-state index >= 15 is 0 Å². The van der Waals surface area contributed by atoms with Crippen LogP contribution in [0.1, 0.15) is 36.7 Å². The van der Waals surface area contributed by atoms with Crippen molar-refractivity contribution in [1.29, 1.82) is 0 Å². The van der Waals surface area contributed by atoms with Crippen LogP contribution in [0.25, 0.3) is 0 Å². The Morgan fingerprint density at radius 2 is 1.71 bits per heavy atom. The topological polar surface area (TPSA) is 99.9 Å². The molecule has 2 aromatic rings. The fraction of sp³-hybridized carbons (Fsp3) is 0.391. The van der Waals surface area contributed by atoms with E-state index in [9.17, 15) is 19.2 Å². The molecule has 2 aliphatic carbocycles. The smallest absolute Gasteiger partial charge is 0.295 e. The van der Waals surface area contributed by atoms with E-state index in [2.05, 4.69) is 5.32 Å². The summed E-state index contributed by atoms with van der Waals surface area (Å²) in [5, 5.41) is 2.68.